The number of nitrogens with zero attached hydrogens (tertiary/aromatic N) is 2. The van der Waals surface area contributed by atoms with Crippen molar-refractivity contribution in [3.8, 4) is 0 Å². The molecule has 150 valence electrons. The van der Waals surface area contributed by atoms with E-state index < -0.39 is 0 Å². The molecule has 26 heavy (non-hydrogen) atoms. The van der Waals surface area contributed by atoms with Crippen LogP contribution in [0.3, 0.4) is 0 Å². The molecule has 0 aromatic carbocycles. The van der Waals surface area contributed by atoms with Crippen LogP contribution in [0.4, 0.5) is 0 Å². The van der Waals surface area contributed by atoms with Crippen molar-refractivity contribution in [2.75, 3.05) is 26.2 Å². The number of nitrogens with one attached hydrogen (secondary N) is 2. The molecule has 4 heteroatoms. The van der Waals surface area contributed by atoms with Gasteiger partial charge in [-0.05, 0) is 38.5 Å². The second-order valence-corrected chi connectivity index (χ2v) is 7.96. The van der Waals surface area contributed by atoms with Gasteiger partial charge in [-0.3, -0.25) is 9.98 Å². The summed E-state index contributed by atoms with van der Waals surface area (Å²) in [7, 11) is 0. The molecule has 0 aromatic rings. The van der Waals surface area contributed by atoms with Crippen molar-refractivity contribution in [3.05, 3.63) is 0 Å². The predicted octanol–water partition coefficient (Wildman–Crippen LogP) is 5.23. The molecule has 0 bridgehead atoms. The molecule has 4 nitrogen and oxygen atoms in total. The molecule has 2 aliphatic heterocycles. The van der Waals surface area contributed by atoms with Gasteiger partial charge in [0.05, 0.1) is 11.7 Å². The molecule has 0 aliphatic carbocycles. The fraction of sp³-hybridized carbons (Fsp3) is 0.909. The standard InChI is InChI=1S/C22H42N4/c1(3-5-7-11-17-23-21-15-9-13-19-25-21)2-4-6-8-12-18-24-22-16-10-14-20-26-22/h1-20H2,(H,23,25)(H,24,26). The van der Waals surface area contributed by atoms with E-state index in [-0.39, 0.29) is 0 Å². The maximum Gasteiger partial charge on any atom is 0.0963 e. The van der Waals surface area contributed by atoms with E-state index in [1.807, 2.05) is 0 Å². The monoisotopic (exact) mass is 362 g/mol. The van der Waals surface area contributed by atoms with Crippen LogP contribution in [-0.4, -0.2) is 37.9 Å². The molecule has 0 fully saturated rings. The van der Waals surface area contributed by atoms with Gasteiger partial charge in [0, 0.05) is 39.0 Å². The average Bonchev–Trinajstić information content (AvgIpc) is 2.70. The van der Waals surface area contributed by atoms with Gasteiger partial charge >= 0.3 is 0 Å². The van der Waals surface area contributed by atoms with E-state index in [1.165, 1.54) is 114 Å². The first kappa shape index (κ1) is 21.2. The summed E-state index contributed by atoms with van der Waals surface area (Å²) in [6.07, 6.45) is 21.4. The summed E-state index contributed by atoms with van der Waals surface area (Å²) < 4.78 is 0. The Morgan fingerprint density at radius 3 is 1.23 bits per heavy atom. The molecule has 2 aliphatic rings. The summed E-state index contributed by atoms with van der Waals surface area (Å²) in [6.45, 7) is 4.32. The average molecular weight is 363 g/mol. The Bertz CT molecular complexity index is 365. The quantitative estimate of drug-likeness (QED) is 0.441. The van der Waals surface area contributed by atoms with Gasteiger partial charge in [-0.1, -0.05) is 51.4 Å². The second kappa shape index (κ2) is 15.0. The van der Waals surface area contributed by atoms with Crippen LogP contribution in [-0.2, 0) is 0 Å². The Hall–Kier alpha value is -1.06. The molecule has 0 saturated heterocycles. The molecule has 0 aromatic heterocycles. The third-order valence-electron chi connectivity index (χ3n) is 5.51. The van der Waals surface area contributed by atoms with E-state index in [4.69, 9.17) is 0 Å². The lowest BCUT2D eigenvalue weighted by Gasteiger charge is -2.13. The van der Waals surface area contributed by atoms with E-state index in [9.17, 15) is 0 Å². The smallest absolute Gasteiger partial charge is 0.0963 e. The van der Waals surface area contributed by atoms with Gasteiger partial charge in [-0.25, -0.2) is 0 Å². The first-order valence-corrected chi connectivity index (χ1v) is 11.5. The van der Waals surface area contributed by atoms with Crippen LogP contribution in [0.15, 0.2) is 9.98 Å². The molecule has 0 atom stereocenters. The van der Waals surface area contributed by atoms with Crippen molar-refractivity contribution in [3.63, 3.8) is 0 Å². The Balaban J connectivity index is 1.25. The highest BCUT2D eigenvalue weighted by molar-refractivity contribution is 5.82. The van der Waals surface area contributed by atoms with E-state index in [0.717, 1.165) is 26.2 Å². The van der Waals surface area contributed by atoms with Crippen LogP contribution in [0.5, 0.6) is 0 Å². The first-order chi connectivity index (χ1) is 12.9. The predicted molar refractivity (Wildman–Crippen MR) is 114 cm³/mol. The first-order valence-electron chi connectivity index (χ1n) is 11.5. The Labute approximate surface area is 161 Å². The summed E-state index contributed by atoms with van der Waals surface area (Å²) in [5.41, 5.74) is 0. The lowest BCUT2D eigenvalue weighted by atomic mass is 10.1. The van der Waals surface area contributed by atoms with Crippen molar-refractivity contribution in [1.29, 1.82) is 0 Å². The molecule has 0 amide bonds. The van der Waals surface area contributed by atoms with Gasteiger partial charge in [-0.15, -0.1) is 0 Å². The Kier molecular flexibility index (Phi) is 12.3. The van der Waals surface area contributed by atoms with Crippen LogP contribution in [0, 0.1) is 0 Å². The third kappa shape index (κ3) is 10.8. The molecule has 0 saturated carbocycles. The maximum absolute atomic E-state index is 4.54. The second-order valence-electron chi connectivity index (χ2n) is 7.96. The zero-order valence-electron chi connectivity index (χ0n) is 17.0. The fourth-order valence-corrected chi connectivity index (χ4v) is 3.81. The number of unbranched alkanes of at least 4 members (excludes halogenated alkanes) is 9. The number of rotatable bonds is 13. The number of hydrogen-bond donors (Lipinski definition) is 2. The summed E-state index contributed by atoms with van der Waals surface area (Å²) in [5.74, 6) is 2.52. The minimum Gasteiger partial charge on any atom is -0.374 e. The largest absolute Gasteiger partial charge is 0.374 e. The Morgan fingerprint density at radius 1 is 0.500 bits per heavy atom. The van der Waals surface area contributed by atoms with Gasteiger partial charge in [0.15, 0.2) is 0 Å². The van der Waals surface area contributed by atoms with Gasteiger partial charge in [0.2, 0.25) is 0 Å². The lowest BCUT2D eigenvalue weighted by molar-refractivity contribution is 0.547. The molecular formula is C22H42N4. The van der Waals surface area contributed by atoms with Crippen molar-refractivity contribution >= 4 is 11.7 Å². The lowest BCUT2D eigenvalue weighted by Crippen LogP contribution is -2.26. The molecule has 2 N–H and O–H groups in total. The van der Waals surface area contributed by atoms with E-state index in [2.05, 4.69) is 20.6 Å². The summed E-state index contributed by atoms with van der Waals surface area (Å²) in [4.78, 5) is 9.09. The number of aliphatic imine (C=N–C) groups is 2. The van der Waals surface area contributed by atoms with E-state index in [1.54, 1.807) is 0 Å². The van der Waals surface area contributed by atoms with Crippen molar-refractivity contribution in [1.82, 2.24) is 10.6 Å². The molecule has 0 unspecified atom stereocenters. The van der Waals surface area contributed by atoms with Crippen molar-refractivity contribution < 1.29 is 0 Å². The highest BCUT2D eigenvalue weighted by Gasteiger charge is 2.04. The summed E-state index contributed by atoms with van der Waals surface area (Å²) >= 11 is 0. The number of amidine groups is 2. The molecule has 2 rings (SSSR count). The van der Waals surface area contributed by atoms with Crippen molar-refractivity contribution in [2.45, 2.75) is 103 Å². The molecular weight excluding hydrogens is 320 g/mol. The van der Waals surface area contributed by atoms with Gasteiger partial charge in [0.1, 0.15) is 0 Å². The van der Waals surface area contributed by atoms with Gasteiger partial charge < -0.3 is 10.6 Å². The Morgan fingerprint density at radius 2 is 0.885 bits per heavy atom. The fourth-order valence-electron chi connectivity index (χ4n) is 3.81. The minimum atomic E-state index is 1.04. The summed E-state index contributed by atoms with van der Waals surface area (Å²) in [5, 5.41) is 7.03. The molecule has 0 radical (unpaired) electrons. The van der Waals surface area contributed by atoms with Crippen LogP contribution in [0.1, 0.15) is 103 Å². The van der Waals surface area contributed by atoms with Crippen LogP contribution in [0.25, 0.3) is 0 Å². The minimum absolute atomic E-state index is 1.04. The third-order valence-corrected chi connectivity index (χ3v) is 5.51. The topological polar surface area (TPSA) is 48.8 Å². The van der Waals surface area contributed by atoms with Crippen LogP contribution < -0.4 is 10.6 Å². The highest BCUT2D eigenvalue weighted by Crippen LogP contribution is 2.11. The van der Waals surface area contributed by atoms with E-state index >= 15 is 0 Å². The van der Waals surface area contributed by atoms with Gasteiger partial charge in [0.25, 0.3) is 0 Å². The van der Waals surface area contributed by atoms with Crippen molar-refractivity contribution in [2.24, 2.45) is 9.98 Å². The summed E-state index contributed by atoms with van der Waals surface area (Å²) in [6, 6.07) is 0. The maximum atomic E-state index is 4.54. The molecule has 0 spiro atoms. The zero-order chi connectivity index (χ0) is 18.1. The number of hydrogen-bond acceptors (Lipinski definition) is 4. The SMILES string of the molecule is C(CCCCCCNC1=NCCCC1)CCCCCNC1=NCCCC1. The highest BCUT2D eigenvalue weighted by atomic mass is 15.0. The van der Waals surface area contributed by atoms with Gasteiger partial charge in [-0.2, -0.15) is 0 Å². The van der Waals surface area contributed by atoms with Crippen LogP contribution >= 0.6 is 0 Å². The van der Waals surface area contributed by atoms with E-state index in [0.29, 0.717) is 0 Å². The zero-order valence-corrected chi connectivity index (χ0v) is 17.0. The molecule has 2 heterocycles. The van der Waals surface area contributed by atoms with Crippen LogP contribution in [0.2, 0.25) is 0 Å². The normalized spacial score (nSPS) is 17.5.